The van der Waals surface area contributed by atoms with Crippen LogP contribution < -0.4 is 11.1 Å². The monoisotopic (exact) mass is 248 g/mol. The van der Waals surface area contributed by atoms with Crippen molar-refractivity contribution in [2.24, 2.45) is 0 Å². The molecule has 3 N–H and O–H groups in total. The van der Waals surface area contributed by atoms with Gasteiger partial charge in [-0.1, -0.05) is 23.5 Å². The lowest BCUT2D eigenvalue weighted by atomic mass is 10.1. The first-order chi connectivity index (χ1) is 8.13. The van der Waals surface area contributed by atoms with Crippen molar-refractivity contribution in [2.75, 3.05) is 11.1 Å². The number of nitrogen functional groups attached to an aromatic ring is 1. The number of amides is 1. The van der Waals surface area contributed by atoms with E-state index in [0.29, 0.717) is 10.8 Å². The second-order valence-corrected chi connectivity index (χ2v) is 4.78. The van der Waals surface area contributed by atoms with Crippen LogP contribution in [-0.2, 0) is 11.2 Å². The van der Waals surface area contributed by atoms with E-state index in [4.69, 9.17) is 5.73 Å². The van der Waals surface area contributed by atoms with E-state index in [1.54, 1.807) is 12.1 Å². The number of nitrogens with one attached hydrogen (secondary N) is 1. The van der Waals surface area contributed by atoms with Crippen LogP contribution in [0.25, 0.3) is 0 Å². The summed E-state index contributed by atoms with van der Waals surface area (Å²) in [6.45, 7) is 1.84. The van der Waals surface area contributed by atoms with Gasteiger partial charge >= 0.3 is 0 Å². The van der Waals surface area contributed by atoms with Gasteiger partial charge < -0.3 is 11.1 Å². The Balaban J connectivity index is 1.98. The van der Waals surface area contributed by atoms with Gasteiger partial charge in [0.2, 0.25) is 11.0 Å². The molecule has 0 fully saturated rings. The summed E-state index contributed by atoms with van der Waals surface area (Å²) in [4.78, 5) is 11.7. The number of rotatable bonds is 3. The van der Waals surface area contributed by atoms with Gasteiger partial charge in [-0.2, -0.15) is 0 Å². The first kappa shape index (κ1) is 11.5. The molecule has 0 radical (unpaired) electrons. The Bertz CT molecular complexity index is 538. The number of aryl methyl sites for hydroxylation is 1. The predicted octanol–water partition coefficient (Wildman–Crippen LogP) is 1.61. The highest BCUT2D eigenvalue weighted by Gasteiger charge is 2.07. The van der Waals surface area contributed by atoms with Crippen molar-refractivity contribution < 1.29 is 4.79 Å². The van der Waals surface area contributed by atoms with Crippen LogP contribution in [0, 0.1) is 6.92 Å². The molecule has 1 heterocycles. The lowest BCUT2D eigenvalue weighted by Gasteiger charge is -2.02. The topological polar surface area (TPSA) is 80.9 Å². The van der Waals surface area contributed by atoms with Crippen molar-refractivity contribution in [1.29, 1.82) is 0 Å². The van der Waals surface area contributed by atoms with Gasteiger partial charge in [0.1, 0.15) is 5.01 Å². The second kappa shape index (κ2) is 4.92. The fraction of sp³-hybridized carbons (Fsp3) is 0.182. The van der Waals surface area contributed by atoms with E-state index >= 15 is 0 Å². The molecule has 17 heavy (non-hydrogen) atoms. The summed E-state index contributed by atoms with van der Waals surface area (Å²) < 4.78 is 0. The highest BCUT2D eigenvalue weighted by molar-refractivity contribution is 7.15. The molecule has 5 nitrogen and oxygen atoms in total. The third-order valence-corrected chi connectivity index (χ3v) is 2.84. The van der Waals surface area contributed by atoms with Crippen molar-refractivity contribution in [3.05, 3.63) is 34.8 Å². The lowest BCUT2D eigenvalue weighted by Crippen LogP contribution is -2.14. The Labute approximate surface area is 103 Å². The van der Waals surface area contributed by atoms with Crippen molar-refractivity contribution in [3.63, 3.8) is 0 Å². The van der Waals surface area contributed by atoms with Crippen LogP contribution in [0.2, 0.25) is 0 Å². The Kier molecular flexibility index (Phi) is 3.34. The number of aromatic nitrogens is 2. The number of anilines is 2. The van der Waals surface area contributed by atoms with E-state index in [1.807, 2.05) is 19.1 Å². The Hall–Kier alpha value is -1.95. The molecule has 6 heteroatoms. The number of nitrogens with zero attached hydrogens (tertiary/aromatic N) is 2. The maximum Gasteiger partial charge on any atom is 0.230 e. The van der Waals surface area contributed by atoms with E-state index in [2.05, 4.69) is 15.5 Å². The number of hydrogen-bond donors (Lipinski definition) is 2. The maximum absolute atomic E-state index is 11.7. The van der Waals surface area contributed by atoms with E-state index in [0.717, 1.165) is 10.6 Å². The van der Waals surface area contributed by atoms with Crippen LogP contribution in [0.15, 0.2) is 24.3 Å². The van der Waals surface area contributed by atoms with Crippen molar-refractivity contribution in [2.45, 2.75) is 13.3 Å². The SMILES string of the molecule is Cc1nnc(NC(=O)Cc2cccc(N)c2)s1. The molecule has 0 saturated heterocycles. The normalized spacial score (nSPS) is 10.2. The zero-order chi connectivity index (χ0) is 12.3. The fourth-order valence-electron chi connectivity index (χ4n) is 1.40. The quantitative estimate of drug-likeness (QED) is 0.809. The summed E-state index contributed by atoms with van der Waals surface area (Å²) in [5, 5.41) is 11.7. The fourth-order valence-corrected chi connectivity index (χ4v) is 2.01. The van der Waals surface area contributed by atoms with Crippen LogP contribution in [0.4, 0.5) is 10.8 Å². The lowest BCUT2D eigenvalue weighted by molar-refractivity contribution is -0.115. The summed E-state index contributed by atoms with van der Waals surface area (Å²) in [5.41, 5.74) is 7.17. The molecule has 1 amide bonds. The summed E-state index contributed by atoms with van der Waals surface area (Å²) >= 11 is 1.35. The molecule has 88 valence electrons. The van der Waals surface area contributed by atoms with E-state index in [-0.39, 0.29) is 12.3 Å². The van der Waals surface area contributed by atoms with E-state index in [1.165, 1.54) is 11.3 Å². The Morgan fingerprint density at radius 3 is 2.94 bits per heavy atom. The third kappa shape index (κ3) is 3.25. The molecule has 1 aromatic heterocycles. The van der Waals surface area contributed by atoms with Crippen LogP contribution in [-0.4, -0.2) is 16.1 Å². The zero-order valence-electron chi connectivity index (χ0n) is 9.30. The maximum atomic E-state index is 11.7. The standard InChI is InChI=1S/C11H12N4OS/c1-7-14-15-11(17-7)13-10(16)6-8-3-2-4-9(12)5-8/h2-5H,6,12H2,1H3,(H,13,15,16). The van der Waals surface area contributed by atoms with Gasteiger partial charge in [-0.25, -0.2) is 0 Å². The molecule has 0 bridgehead atoms. The molecule has 2 aromatic rings. The predicted molar refractivity (Wildman–Crippen MR) is 67.8 cm³/mol. The highest BCUT2D eigenvalue weighted by atomic mass is 32.1. The van der Waals surface area contributed by atoms with Gasteiger partial charge in [0.25, 0.3) is 0 Å². The first-order valence-corrected chi connectivity index (χ1v) is 5.89. The third-order valence-electron chi connectivity index (χ3n) is 2.09. The summed E-state index contributed by atoms with van der Waals surface area (Å²) in [6, 6.07) is 7.26. The van der Waals surface area contributed by atoms with Crippen LogP contribution in [0.5, 0.6) is 0 Å². The van der Waals surface area contributed by atoms with Crippen LogP contribution in [0.3, 0.4) is 0 Å². The van der Waals surface area contributed by atoms with Gasteiger partial charge in [0.05, 0.1) is 6.42 Å². The molecule has 0 saturated carbocycles. The molecule has 0 unspecified atom stereocenters. The summed E-state index contributed by atoms with van der Waals surface area (Å²) in [6.07, 6.45) is 0.281. The smallest absolute Gasteiger partial charge is 0.230 e. The average Bonchev–Trinajstić information content (AvgIpc) is 2.63. The highest BCUT2D eigenvalue weighted by Crippen LogP contribution is 2.14. The first-order valence-electron chi connectivity index (χ1n) is 5.08. The molecule has 0 aliphatic carbocycles. The molecule has 0 aliphatic heterocycles. The Morgan fingerprint density at radius 1 is 1.47 bits per heavy atom. The van der Waals surface area contributed by atoms with Crippen LogP contribution in [0.1, 0.15) is 10.6 Å². The molecular formula is C11H12N4OS. The zero-order valence-corrected chi connectivity index (χ0v) is 10.1. The number of benzene rings is 1. The van der Waals surface area contributed by atoms with Gasteiger partial charge in [-0.3, -0.25) is 4.79 Å². The van der Waals surface area contributed by atoms with Crippen LogP contribution >= 0.6 is 11.3 Å². The minimum absolute atomic E-state index is 0.119. The van der Waals surface area contributed by atoms with Gasteiger partial charge in [0, 0.05) is 5.69 Å². The number of carbonyl (C=O) groups is 1. The minimum atomic E-state index is -0.119. The van der Waals surface area contributed by atoms with Crippen molar-refractivity contribution >= 4 is 28.1 Å². The van der Waals surface area contributed by atoms with Gasteiger partial charge in [-0.05, 0) is 24.6 Å². The van der Waals surface area contributed by atoms with Crippen molar-refractivity contribution in [1.82, 2.24) is 10.2 Å². The molecule has 0 atom stereocenters. The Morgan fingerprint density at radius 2 is 2.29 bits per heavy atom. The molecule has 2 rings (SSSR count). The van der Waals surface area contributed by atoms with Gasteiger partial charge in [-0.15, -0.1) is 10.2 Å². The number of carbonyl (C=O) groups excluding carboxylic acids is 1. The van der Waals surface area contributed by atoms with Gasteiger partial charge in [0.15, 0.2) is 0 Å². The average molecular weight is 248 g/mol. The molecule has 0 spiro atoms. The molecule has 0 aliphatic rings. The summed E-state index contributed by atoms with van der Waals surface area (Å²) in [7, 11) is 0. The number of nitrogens with two attached hydrogens (primary N) is 1. The molecular weight excluding hydrogens is 236 g/mol. The largest absolute Gasteiger partial charge is 0.399 e. The summed E-state index contributed by atoms with van der Waals surface area (Å²) in [5.74, 6) is -0.119. The van der Waals surface area contributed by atoms with E-state index < -0.39 is 0 Å². The second-order valence-electron chi connectivity index (χ2n) is 3.60. The number of hydrogen-bond acceptors (Lipinski definition) is 5. The minimum Gasteiger partial charge on any atom is -0.399 e. The van der Waals surface area contributed by atoms with E-state index in [9.17, 15) is 4.79 Å². The van der Waals surface area contributed by atoms with Crippen molar-refractivity contribution in [3.8, 4) is 0 Å². The molecule has 1 aromatic carbocycles.